The summed E-state index contributed by atoms with van der Waals surface area (Å²) in [6.45, 7) is 1.59. The second kappa shape index (κ2) is 5.75. The minimum atomic E-state index is -0.0149. The molecule has 116 valence electrons. The molecule has 2 aromatic rings. The van der Waals surface area contributed by atoms with Crippen LogP contribution in [0.2, 0.25) is 0 Å². The van der Waals surface area contributed by atoms with Gasteiger partial charge in [0.15, 0.2) is 0 Å². The molecule has 0 aliphatic carbocycles. The van der Waals surface area contributed by atoms with E-state index in [1.807, 2.05) is 37.4 Å². The van der Waals surface area contributed by atoms with Gasteiger partial charge in [-0.3, -0.25) is 4.79 Å². The summed E-state index contributed by atoms with van der Waals surface area (Å²) >= 11 is 0. The molecule has 1 amide bonds. The predicted octanol–water partition coefficient (Wildman–Crippen LogP) is 3.36. The van der Waals surface area contributed by atoms with Crippen molar-refractivity contribution in [2.24, 2.45) is 0 Å². The van der Waals surface area contributed by atoms with E-state index in [9.17, 15) is 4.79 Å². The van der Waals surface area contributed by atoms with E-state index in [1.165, 1.54) is 0 Å². The number of ether oxygens (including phenoxy) is 1. The predicted molar refractivity (Wildman–Crippen MR) is 83.9 cm³/mol. The fourth-order valence-electron chi connectivity index (χ4n) is 2.93. The summed E-state index contributed by atoms with van der Waals surface area (Å²) in [5.41, 5.74) is 2.08. The van der Waals surface area contributed by atoms with Gasteiger partial charge in [-0.1, -0.05) is 0 Å². The van der Waals surface area contributed by atoms with Crippen LogP contribution in [0, 0.1) is 0 Å². The van der Waals surface area contributed by atoms with Crippen LogP contribution in [0.3, 0.4) is 0 Å². The van der Waals surface area contributed by atoms with Crippen LogP contribution in [-0.4, -0.2) is 25.0 Å². The number of anilines is 1. The molecule has 0 spiro atoms. The molecular weight excluding hydrogens is 280 g/mol. The minimum absolute atomic E-state index is 0.0149. The van der Waals surface area contributed by atoms with E-state index in [4.69, 9.17) is 9.15 Å². The summed E-state index contributed by atoms with van der Waals surface area (Å²) in [4.78, 5) is 13.6. The van der Waals surface area contributed by atoms with Crippen LogP contribution in [-0.2, 0) is 4.79 Å². The molecule has 5 heteroatoms. The molecule has 3 rings (SSSR count). The van der Waals surface area contributed by atoms with E-state index < -0.39 is 0 Å². The number of methoxy groups -OCH3 is 1. The van der Waals surface area contributed by atoms with Gasteiger partial charge in [0.1, 0.15) is 11.5 Å². The highest BCUT2D eigenvalue weighted by molar-refractivity contribution is 5.74. The van der Waals surface area contributed by atoms with Crippen LogP contribution in [0.1, 0.15) is 36.8 Å². The first-order valence-corrected chi connectivity index (χ1v) is 7.31. The zero-order valence-corrected chi connectivity index (χ0v) is 13.0. The Morgan fingerprint density at radius 3 is 2.86 bits per heavy atom. The SMILES string of the molecule is COc1ccc2c(c1)[C@@H](N(C)C(C)=O)C[C@@H](c1ccco1)N2. The van der Waals surface area contributed by atoms with E-state index in [2.05, 4.69) is 5.32 Å². The second-order valence-corrected chi connectivity index (χ2v) is 5.55. The Labute approximate surface area is 129 Å². The van der Waals surface area contributed by atoms with E-state index >= 15 is 0 Å². The van der Waals surface area contributed by atoms with Crippen LogP contribution < -0.4 is 10.1 Å². The molecule has 1 aromatic carbocycles. The van der Waals surface area contributed by atoms with Gasteiger partial charge >= 0.3 is 0 Å². The number of nitrogens with zero attached hydrogens (tertiary/aromatic N) is 1. The number of fused-ring (bicyclic) bond motifs is 1. The molecular formula is C17H20N2O3. The molecule has 2 atom stereocenters. The first-order chi connectivity index (χ1) is 10.6. The monoisotopic (exact) mass is 300 g/mol. The fourth-order valence-corrected chi connectivity index (χ4v) is 2.93. The van der Waals surface area contributed by atoms with Crippen molar-refractivity contribution in [2.75, 3.05) is 19.5 Å². The number of benzene rings is 1. The van der Waals surface area contributed by atoms with E-state index in [1.54, 1.807) is 25.2 Å². The van der Waals surface area contributed by atoms with Gasteiger partial charge in [0, 0.05) is 25.2 Å². The van der Waals surface area contributed by atoms with Crippen molar-refractivity contribution in [1.82, 2.24) is 4.90 Å². The number of amides is 1. The Kier molecular flexibility index (Phi) is 3.79. The number of furan rings is 1. The maximum absolute atomic E-state index is 11.9. The van der Waals surface area contributed by atoms with Crippen molar-refractivity contribution in [3.8, 4) is 5.75 Å². The molecule has 0 bridgehead atoms. The number of hydrogen-bond acceptors (Lipinski definition) is 4. The van der Waals surface area contributed by atoms with Gasteiger partial charge in [0.2, 0.25) is 5.91 Å². The topological polar surface area (TPSA) is 54.7 Å². The molecule has 1 aromatic heterocycles. The molecule has 2 heterocycles. The normalized spacial score (nSPS) is 20.0. The average Bonchev–Trinajstić information content (AvgIpc) is 3.06. The lowest BCUT2D eigenvalue weighted by molar-refractivity contribution is -0.130. The maximum atomic E-state index is 11.9. The number of nitrogens with one attached hydrogen (secondary N) is 1. The Balaban J connectivity index is 2.01. The number of hydrogen-bond donors (Lipinski definition) is 1. The van der Waals surface area contributed by atoms with Gasteiger partial charge in [-0.2, -0.15) is 0 Å². The van der Waals surface area contributed by atoms with E-state index in [0.29, 0.717) is 0 Å². The van der Waals surface area contributed by atoms with Crippen molar-refractivity contribution < 1.29 is 13.9 Å². The average molecular weight is 300 g/mol. The Morgan fingerprint density at radius 2 is 2.23 bits per heavy atom. The third-order valence-corrected chi connectivity index (χ3v) is 4.26. The Morgan fingerprint density at radius 1 is 1.41 bits per heavy atom. The van der Waals surface area contributed by atoms with Crippen molar-refractivity contribution in [3.05, 3.63) is 47.9 Å². The van der Waals surface area contributed by atoms with Crippen LogP contribution in [0.25, 0.3) is 0 Å². The number of carbonyl (C=O) groups excluding carboxylic acids is 1. The highest BCUT2D eigenvalue weighted by atomic mass is 16.5. The quantitative estimate of drug-likeness (QED) is 0.944. The van der Waals surface area contributed by atoms with E-state index in [-0.39, 0.29) is 18.0 Å². The fraction of sp³-hybridized carbons (Fsp3) is 0.353. The van der Waals surface area contributed by atoms with Crippen molar-refractivity contribution in [3.63, 3.8) is 0 Å². The molecule has 0 unspecified atom stereocenters. The van der Waals surface area contributed by atoms with Gasteiger partial charge in [-0.05, 0) is 36.8 Å². The largest absolute Gasteiger partial charge is 0.497 e. The molecule has 0 saturated carbocycles. The van der Waals surface area contributed by atoms with Gasteiger partial charge < -0.3 is 19.4 Å². The second-order valence-electron chi connectivity index (χ2n) is 5.55. The highest BCUT2D eigenvalue weighted by Gasteiger charge is 2.32. The molecule has 5 nitrogen and oxygen atoms in total. The Hall–Kier alpha value is -2.43. The highest BCUT2D eigenvalue weighted by Crippen LogP contribution is 2.42. The number of rotatable bonds is 3. The molecule has 1 aliphatic rings. The van der Waals surface area contributed by atoms with Crippen LogP contribution in [0.15, 0.2) is 41.0 Å². The zero-order chi connectivity index (χ0) is 15.7. The lowest BCUT2D eigenvalue weighted by atomic mass is 9.90. The maximum Gasteiger partial charge on any atom is 0.219 e. The first-order valence-electron chi connectivity index (χ1n) is 7.31. The standard InChI is InChI=1S/C17H20N2O3/c1-11(20)19(2)16-10-15(17-5-4-8-22-17)18-14-7-6-12(21-3)9-13(14)16/h4-9,15-16,18H,10H2,1-3H3/t15-,16-/m0/s1. The summed E-state index contributed by atoms with van der Waals surface area (Å²) in [6.07, 6.45) is 2.42. The number of carbonyl (C=O) groups is 1. The smallest absolute Gasteiger partial charge is 0.219 e. The third kappa shape index (κ3) is 2.54. The van der Waals surface area contributed by atoms with Crippen LogP contribution in [0.4, 0.5) is 5.69 Å². The zero-order valence-electron chi connectivity index (χ0n) is 13.0. The summed E-state index contributed by atoms with van der Waals surface area (Å²) in [5, 5.41) is 3.49. The van der Waals surface area contributed by atoms with Gasteiger partial charge in [-0.15, -0.1) is 0 Å². The molecule has 1 aliphatic heterocycles. The van der Waals surface area contributed by atoms with Crippen LogP contribution >= 0.6 is 0 Å². The molecule has 1 N–H and O–H groups in total. The molecule has 0 saturated heterocycles. The molecule has 0 radical (unpaired) electrons. The lowest BCUT2D eigenvalue weighted by Gasteiger charge is -2.37. The third-order valence-electron chi connectivity index (χ3n) is 4.26. The van der Waals surface area contributed by atoms with Crippen molar-refractivity contribution in [2.45, 2.75) is 25.4 Å². The lowest BCUT2D eigenvalue weighted by Crippen LogP contribution is -2.34. The summed E-state index contributed by atoms with van der Waals surface area (Å²) in [5.74, 6) is 1.71. The van der Waals surface area contributed by atoms with Gasteiger partial charge in [0.05, 0.1) is 25.5 Å². The van der Waals surface area contributed by atoms with Gasteiger partial charge in [-0.25, -0.2) is 0 Å². The molecule has 0 fully saturated rings. The minimum Gasteiger partial charge on any atom is -0.497 e. The van der Waals surface area contributed by atoms with Crippen LogP contribution in [0.5, 0.6) is 5.75 Å². The van der Waals surface area contributed by atoms with E-state index in [0.717, 1.165) is 29.2 Å². The van der Waals surface area contributed by atoms with Crippen molar-refractivity contribution >= 4 is 11.6 Å². The summed E-state index contributed by atoms with van der Waals surface area (Å²) in [7, 11) is 3.48. The molecule has 22 heavy (non-hydrogen) atoms. The summed E-state index contributed by atoms with van der Waals surface area (Å²) in [6, 6.07) is 9.76. The van der Waals surface area contributed by atoms with Crippen molar-refractivity contribution in [1.29, 1.82) is 0 Å². The summed E-state index contributed by atoms with van der Waals surface area (Å²) < 4.78 is 10.8. The van der Waals surface area contributed by atoms with Gasteiger partial charge in [0.25, 0.3) is 0 Å². The Bertz CT molecular complexity index is 667. The first kappa shape index (κ1) is 14.5.